The number of hydrogen-bond acceptors (Lipinski definition) is 6. The number of aliphatic hydroxyl groups is 4. The first-order chi connectivity index (χ1) is 13.2. The average molecular weight is 399 g/mol. The smallest absolute Gasteiger partial charge is 0.372 e. The molecule has 0 saturated heterocycles. The van der Waals surface area contributed by atoms with Crippen LogP contribution in [0.4, 0.5) is 0 Å². The molecule has 0 aromatic heterocycles. The van der Waals surface area contributed by atoms with Gasteiger partial charge in [0.1, 0.15) is 0 Å². The highest BCUT2D eigenvalue weighted by Gasteiger charge is 2.56. The van der Waals surface area contributed by atoms with Crippen LogP contribution >= 0.6 is 0 Å². The van der Waals surface area contributed by atoms with Gasteiger partial charge in [-0.3, -0.25) is 0 Å². The zero-order chi connectivity index (χ0) is 21.2. The van der Waals surface area contributed by atoms with Gasteiger partial charge >= 0.3 is 11.8 Å². The molecular formula is C22H38O6. The highest BCUT2D eigenvalue weighted by molar-refractivity contribution is 5.79. The standard InChI is InChI=1S/C22H38O6/c1-4-5-6-7-8-9-13-18-15-11-16-19(18)14-10-12-17(2)21(24,25)22(26,27)20(23)28-3/h9,13,18-19,24-27H,2,4-8,10-12,14-16H2,1,3H3/t18-,19-/m0/s1. The van der Waals surface area contributed by atoms with Gasteiger partial charge in [-0.1, -0.05) is 51.3 Å². The summed E-state index contributed by atoms with van der Waals surface area (Å²) in [6, 6.07) is 0. The van der Waals surface area contributed by atoms with Crippen LogP contribution in [-0.2, 0) is 9.53 Å². The number of unbranched alkanes of at least 4 members (excludes halogenated alkanes) is 4. The van der Waals surface area contributed by atoms with Crippen LogP contribution in [0.5, 0.6) is 0 Å². The summed E-state index contributed by atoms with van der Waals surface area (Å²) in [5.74, 6) is -7.06. The van der Waals surface area contributed by atoms with E-state index in [4.69, 9.17) is 0 Å². The van der Waals surface area contributed by atoms with Crippen molar-refractivity contribution < 1.29 is 30.0 Å². The van der Waals surface area contributed by atoms with E-state index in [2.05, 4.69) is 30.4 Å². The van der Waals surface area contributed by atoms with Crippen molar-refractivity contribution in [1.29, 1.82) is 0 Å². The second kappa shape index (κ2) is 11.7. The molecule has 1 fully saturated rings. The maximum atomic E-state index is 11.4. The molecular weight excluding hydrogens is 360 g/mol. The Morgan fingerprint density at radius 3 is 2.46 bits per heavy atom. The normalized spacial score (nSPS) is 20.6. The van der Waals surface area contributed by atoms with Crippen LogP contribution in [0.15, 0.2) is 24.3 Å². The van der Waals surface area contributed by atoms with E-state index in [1.54, 1.807) is 0 Å². The summed E-state index contributed by atoms with van der Waals surface area (Å²) in [6.45, 7) is 5.75. The fourth-order valence-electron chi connectivity index (χ4n) is 3.92. The number of allylic oxidation sites excluding steroid dienone is 2. The van der Waals surface area contributed by atoms with Gasteiger partial charge in [0, 0.05) is 0 Å². The molecule has 0 bridgehead atoms. The fraction of sp³-hybridized carbons (Fsp3) is 0.773. The highest BCUT2D eigenvalue weighted by Crippen LogP contribution is 2.37. The number of carbonyl (C=O) groups excluding carboxylic acids is 1. The Kier molecular flexibility index (Phi) is 10.4. The van der Waals surface area contributed by atoms with Crippen LogP contribution in [0.25, 0.3) is 0 Å². The van der Waals surface area contributed by atoms with Gasteiger partial charge in [0.2, 0.25) is 0 Å². The lowest BCUT2D eigenvalue weighted by atomic mass is 9.87. The Hall–Kier alpha value is -1.21. The average Bonchev–Trinajstić information content (AvgIpc) is 3.10. The van der Waals surface area contributed by atoms with Gasteiger partial charge in [0.25, 0.3) is 5.79 Å². The summed E-state index contributed by atoms with van der Waals surface area (Å²) >= 11 is 0. The Morgan fingerprint density at radius 1 is 1.11 bits per heavy atom. The largest absolute Gasteiger partial charge is 0.465 e. The van der Waals surface area contributed by atoms with Crippen molar-refractivity contribution in [3.05, 3.63) is 24.3 Å². The maximum absolute atomic E-state index is 11.4. The van der Waals surface area contributed by atoms with Gasteiger partial charge in [-0.25, -0.2) is 4.79 Å². The topological polar surface area (TPSA) is 107 Å². The van der Waals surface area contributed by atoms with E-state index in [-0.39, 0.29) is 12.0 Å². The summed E-state index contributed by atoms with van der Waals surface area (Å²) < 4.78 is 4.21. The Morgan fingerprint density at radius 2 is 1.82 bits per heavy atom. The van der Waals surface area contributed by atoms with Crippen molar-refractivity contribution in [2.45, 2.75) is 89.1 Å². The lowest BCUT2D eigenvalue weighted by Crippen LogP contribution is -2.60. The Balaban J connectivity index is 2.45. The molecule has 0 radical (unpaired) electrons. The van der Waals surface area contributed by atoms with E-state index in [1.165, 1.54) is 38.5 Å². The molecule has 1 rings (SSSR count). The molecule has 1 saturated carbocycles. The summed E-state index contributed by atoms with van der Waals surface area (Å²) in [5.41, 5.74) is -0.219. The molecule has 0 amide bonds. The fourth-order valence-corrected chi connectivity index (χ4v) is 3.92. The van der Waals surface area contributed by atoms with E-state index >= 15 is 0 Å². The molecule has 0 aromatic rings. The van der Waals surface area contributed by atoms with Gasteiger partial charge in [-0.15, -0.1) is 0 Å². The zero-order valence-corrected chi connectivity index (χ0v) is 17.4. The van der Waals surface area contributed by atoms with E-state index in [9.17, 15) is 25.2 Å². The van der Waals surface area contributed by atoms with Gasteiger partial charge in [0.15, 0.2) is 0 Å². The molecule has 2 atom stereocenters. The number of esters is 1. The Labute approximate surface area is 168 Å². The summed E-state index contributed by atoms with van der Waals surface area (Å²) in [7, 11) is 0.930. The molecule has 0 aliphatic heterocycles. The molecule has 1 aliphatic rings. The molecule has 28 heavy (non-hydrogen) atoms. The molecule has 162 valence electrons. The number of hydrogen-bond donors (Lipinski definition) is 4. The van der Waals surface area contributed by atoms with Crippen molar-refractivity contribution in [3.63, 3.8) is 0 Å². The monoisotopic (exact) mass is 398 g/mol. The van der Waals surface area contributed by atoms with E-state index < -0.39 is 17.5 Å². The van der Waals surface area contributed by atoms with Gasteiger partial charge < -0.3 is 25.2 Å². The first kappa shape index (κ1) is 24.8. The van der Waals surface area contributed by atoms with E-state index in [1.807, 2.05) is 0 Å². The van der Waals surface area contributed by atoms with Crippen molar-refractivity contribution in [2.75, 3.05) is 7.11 Å². The van der Waals surface area contributed by atoms with Crippen molar-refractivity contribution in [3.8, 4) is 0 Å². The van der Waals surface area contributed by atoms with Crippen LogP contribution < -0.4 is 0 Å². The van der Waals surface area contributed by atoms with E-state index in [0.717, 1.165) is 26.4 Å². The quantitative estimate of drug-likeness (QED) is 0.164. The highest BCUT2D eigenvalue weighted by atomic mass is 16.6. The minimum absolute atomic E-state index is 0.177. The molecule has 0 unspecified atom stereocenters. The minimum Gasteiger partial charge on any atom is -0.465 e. The van der Waals surface area contributed by atoms with Crippen LogP contribution in [0.3, 0.4) is 0 Å². The predicted molar refractivity (Wildman–Crippen MR) is 108 cm³/mol. The van der Waals surface area contributed by atoms with Crippen molar-refractivity contribution in [2.24, 2.45) is 11.8 Å². The van der Waals surface area contributed by atoms with Crippen LogP contribution in [0, 0.1) is 11.8 Å². The van der Waals surface area contributed by atoms with E-state index in [0.29, 0.717) is 18.3 Å². The molecule has 0 aromatic carbocycles. The van der Waals surface area contributed by atoms with Crippen molar-refractivity contribution >= 4 is 5.97 Å². The third kappa shape index (κ3) is 6.69. The molecule has 1 aliphatic carbocycles. The zero-order valence-electron chi connectivity index (χ0n) is 17.4. The maximum Gasteiger partial charge on any atom is 0.372 e. The number of rotatable bonds is 13. The summed E-state index contributed by atoms with van der Waals surface area (Å²) in [4.78, 5) is 11.4. The first-order valence-electron chi connectivity index (χ1n) is 10.5. The molecule has 0 heterocycles. The molecule has 6 nitrogen and oxygen atoms in total. The number of methoxy groups -OCH3 is 1. The molecule has 6 heteroatoms. The minimum atomic E-state index is -3.45. The van der Waals surface area contributed by atoms with Crippen LogP contribution in [-0.4, -0.2) is 45.1 Å². The third-order valence-corrected chi connectivity index (χ3v) is 5.83. The van der Waals surface area contributed by atoms with Crippen molar-refractivity contribution in [1.82, 2.24) is 0 Å². The third-order valence-electron chi connectivity index (χ3n) is 5.83. The Bertz CT molecular complexity index is 523. The number of carbonyl (C=O) groups is 1. The lowest BCUT2D eigenvalue weighted by Gasteiger charge is -2.34. The van der Waals surface area contributed by atoms with Gasteiger partial charge in [-0.2, -0.15) is 0 Å². The summed E-state index contributed by atoms with van der Waals surface area (Å²) in [5, 5.41) is 39.4. The first-order valence-corrected chi connectivity index (χ1v) is 10.5. The van der Waals surface area contributed by atoms with Gasteiger partial charge in [-0.05, 0) is 62.4 Å². The molecule has 0 spiro atoms. The predicted octanol–water partition coefficient (Wildman–Crippen LogP) is 3.19. The van der Waals surface area contributed by atoms with Crippen LogP contribution in [0.2, 0.25) is 0 Å². The lowest BCUT2D eigenvalue weighted by molar-refractivity contribution is -0.328. The number of ether oxygens (including phenoxy) is 1. The SMILES string of the molecule is C=C(CCC[C@H]1CCC[C@@H]1C=CCCCCCC)C(O)(O)C(O)(O)C(=O)OC. The summed E-state index contributed by atoms with van der Waals surface area (Å²) in [6.07, 6.45) is 16.0. The second-order valence-corrected chi connectivity index (χ2v) is 7.96. The molecule has 4 N–H and O–H groups in total. The van der Waals surface area contributed by atoms with Crippen LogP contribution in [0.1, 0.15) is 77.6 Å². The van der Waals surface area contributed by atoms with Gasteiger partial charge in [0.05, 0.1) is 7.11 Å². The second-order valence-electron chi connectivity index (χ2n) is 7.96.